The summed E-state index contributed by atoms with van der Waals surface area (Å²) in [5, 5.41) is 7.50. The Bertz CT molecular complexity index is 609. The molecule has 0 aliphatic carbocycles. The van der Waals surface area contributed by atoms with E-state index in [4.69, 9.17) is 5.73 Å². The Balaban J connectivity index is 1.65. The number of hydrogen-bond acceptors (Lipinski definition) is 3. The van der Waals surface area contributed by atoms with Gasteiger partial charge in [0.1, 0.15) is 0 Å². The van der Waals surface area contributed by atoms with E-state index in [-0.39, 0.29) is 5.91 Å². The summed E-state index contributed by atoms with van der Waals surface area (Å²) in [6.45, 7) is 1.40. The second-order valence-electron chi connectivity index (χ2n) is 6.16. The van der Waals surface area contributed by atoms with Crippen molar-refractivity contribution in [3.8, 4) is 11.3 Å². The van der Waals surface area contributed by atoms with Gasteiger partial charge in [-0.2, -0.15) is 5.10 Å². The summed E-state index contributed by atoms with van der Waals surface area (Å²) in [4.78, 5) is 13.6. The first-order valence-electron chi connectivity index (χ1n) is 8.74. The Hall–Kier alpha value is -2.14. The molecule has 2 aromatic rings. The van der Waals surface area contributed by atoms with E-state index in [0.29, 0.717) is 13.0 Å². The maximum absolute atomic E-state index is 11.8. The normalized spacial score (nSPS) is 10.8. The fourth-order valence-corrected chi connectivity index (χ4v) is 2.66. The van der Waals surface area contributed by atoms with Crippen LogP contribution in [0.2, 0.25) is 0 Å². The molecule has 0 unspecified atom stereocenters. The molecule has 130 valence electrons. The maximum atomic E-state index is 11.8. The molecular formula is C19H28N4O. The Morgan fingerprint density at radius 1 is 1.17 bits per heavy atom. The molecule has 0 saturated carbocycles. The van der Waals surface area contributed by atoms with Gasteiger partial charge >= 0.3 is 0 Å². The zero-order chi connectivity index (χ0) is 17.2. The van der Waals surface area contributed by atoms with Crippen molar-refractivity contribution < 1.29 is 4.79 Å². The Labute approximate surface area is 144 Å². The first-order chi connectivity index (χ1) is 11.7. The number of hydrogen-bond donors (Lipinski definition) is 2. The van der Waals surface area contributed by atoms with E-state index in [1.54, 1.807) is 0 Å². The van der Waals surface area contributed by atoms with Crippen LogP contribution >= 0.6 is 0 Å². The minimum Gasteiger partial charge on any atom is -0.346 e. The number of carbonyl (C=O) groups excluding carboxylic acids is 1. The van der Waals surface area contributed by atoms with Crippen LogP contribution in [0.15, 0.2) is 36.4 Å². The Kier molecular flexibility index (Phi) is 7.49. The number of nitrogens with one attached hydrogen (secondary N) is 1. The number of H-pyrrole nitrogens is 1. The monoisotopic (exact) mass is 328 g/mol. The lowest BCUT2D eigenvalue weighted by molar-refractivity contribution is -0.130. The molecule has 5 heteroatoms. The van der Waals surface area contributed by atoms with E-state index in [2.05, 4.69) is 28.4 Å². The van der Waals surface area contributed by atoms with E-state index >= 15 is 0 Å². The van der Waals surface area contributed by atoms with E-state index in [9.17, 15) is 4.79 Å². The summed E-state index contributed by atoms with van der Waals surface area (Å²) in [7, 11) is 1.87. The summed E-state index contributed by atoms with van der Waals surface area (Å²) < 4.78 is 0. The lowest BCUT2D eigenvalue weighted by Gasteiger charge is -2.16. The predicted molar refractivity (Wildman–Crippen MR) is 97.5 cm³/mol. The van der Waals surface area contributed by atoms with Crippen LogP contribution in [-0.4, -0.2) is 41.1 Å². The van der Waals surface area contributed by atoms with Crippen LogP contribution in [0, 0.1) is 0 Å². The van der Waals surface area contributed by atoms with E-state index in [1.165, 1.54) is 5.69 Å². The number of amides is 1. The standard InChI is InChI=1S/C19H28N4O/c1-23(19(24)12-8-13-20)14-7-3-6-11-17-15-18(22-21-17)16-9-4-2-5-10-16/h2,4-5,9-10,15H,3,6-8,11-14,20H2,1H3,(H,21,22). The molecule has 2 rings (SSSR count). The fourth-order valence-electron chi connectivity index (χ4n) is 2.66. The van der Waals surface area contributed by atoms with Gasteiger partial charge in [0.2, 0.25) is 5.91 Å². The van der Waals surface area contributed by atoms with Crippen molar-refractivity contribution in [2.45, 2.75) is 38.5 Å². The number of benzene rings is 1. The number of nitrogens with zero attached hydrogens (tertiary/aromatic N) is 2. The molecule has 1 heterocycles. The van der Waals surface area contributed by atoms with Gasteiger partial charge < -0.3 is 10.6 Å². The maximum Gasteiger partial charge on any atom is 0.222 e. The number of aryl methyl sites for hydroxylation is 1. The van der Waals surface area contributed by atoms with Crippen LogP contribution in [0.3, 0.4) is 0 Å². The molecule has 0 aliphatic heterocycles. The molecule has 0 bridgehead atoms. The molecule has 24 heavy (non-hydrogen) atoms. The smallest absolute Gasteiger partial charge is 0.222 e. The Morgan fingerprint density at radius 3 is 2.71 bits per heavy atom. The van der Waals surface area contributed by atoms with Gasteiger partial charge in [-0.25, -0.2) is 0 Å². The Morgan fingerprint density at radius 2 is 1.96 bits per heavy atom. The zero-order valence-electron chi connectivity index (χ0n) is 14.5. The molecule has 0 fully saturated rings. The molecule has 0 spiro atoms. The van der Waals surface area contributed by atoms with Gasteiger partial charge in [-0.15, -0.1) is 0 Å². The summed E-state index contributed by atoms with van der Waals surface area (Å²) in [5.74, 6) is 0.196. The fraction of sp³-hybridized carbons (Fsp3) is 0.474. The number of carbonyl (C=O) groups is 1. The lowest BCUT2D eigenvalue weighted by Crippen LogP contribution is -2.28. The number of nitrogens with two attached hydrogens (primary N) is 1. The number of aromatic nitrogens is 2. The second-order valence-corrected chi connectivity index (χ2v) is 6.16. The first kappa shape index (κ1) is 18.2. The average Bonchev–Trinajstić information content (AvgIpc) is 3.09. The topological polar surface area (TPSA) is 75.0 Å². The number of rotatable bonds is 10. The number of aromatic amines is 1. The molecule has 5 nitrogen and oxygen atoms in total. The molecular weight excluding hydrogens is 300 g/mol. The predicted octanol–water partition coefficient (Wildman–Crippen LogP) is 2.99. The largest absolute Gasteiger partial charge is 0.346 e. The van der Waals surface area contributed by atoms with Gasteiger partial charge in [0.25, 0.3) is 0 Å². The van der Waals surface area contributed by atoms with E-state index < -0.39 is 0 Å². The second kappa shape index (κ2) is 9.88. The van der Waals surface area contributed by atoms with E-state index in [1.807, 2.05) is 30.1 Å². The third-order valence-electron chi connectivity index (χ3n) is 4.16. The van der Waals surface area contributed by atoms with Gasteiger partial charge in [-0.1, -0.05) is 36.8 Å². The molecule has 0 atom stereocenters. The van der Waals surface area contributed by atoms with Crippen LogP contribution in [0.25, 0.3) is 11.3 Å². The molecule has 1 aromatic heterocycles. The molecule has 0 aliphatic rings. The minimum absolute atomic E-state index is 0.196. The van der Waals surface area contributed by atoms with E-state index in [0.717, 1.165) is 49.9 Å². The first-order valence-corrected chi connectivity index (χ1v) is 8.74. The summed E-state index contributed by atoms with van der Waals surface area (Å²) in [6.07, 6.45) is 5.56. The number of unbranched alkanes of at least 4 members (excludes halogenated alkanes) is 2. The quantitative estimate of drug-likeness (QED) is 0.658. The molecule has 0 radical (unpaired) electrons. The summed E-state index contributed by atoms with van der Waals surface area (Å²) in [5.41, 5.74) is 8.73. The third kappa shape index (κ3) is 5.81. The van der Waals surface area contributed by atoms with Crippen LogP contribution in [0.4, 0.5) is 0 Å². The van der Waals surface area contributed by atoms with Gasteiger partial charge in [-0.05, 0) is 38.3 Å². The van der Waals surface area contributed by atoms with Crippen molar-refractivity contribution in [1.29, 1.82) is 0 Å². The van der Waals surface area contributed by atoms with Crippen molar-refractivity contribution in [3.63, 3.8) is 0 Å². The highest BCUT2D eigenvalue weighted by atomic mass is 16.2. The van der Waals surface area contributed by atoms with Gasteiger partial charge in [0.05, 0.1) is 5.69 Å². The lowest BCUT2D eigenvalue weighted by atomic mass is 10.1. The third-order valence-corrected chi connectivity index (χ3v) is 4.16. The minimum atomic E-state index is 0.196. The van der Waals surface area contributed by atoms with Crippen molar-refractivity contribution in [2.75, 3.05) is 20.1 Å². The highest BCUT2D eigenvalue weighted by Crippen LogP contribution is 2.17. The van der Waals surface area contributed by atoms with Crippen LogP contribution in [-0.2, 0) is 11.2 Å². The highest BCUT2D eigenvalue weighted by Gasteiger charge is 2.07. The van der Waals surface area contributed by atoms with Gasteiger partial charge in [-0.3, -0.25) is 9.89 Å². The van der Waals surface area contributed by atoms with Gasteiger partial charge in [0, 0.05) is 31.3 Å². The SMILES string of the molecule is CN(CCCCCc1cc(-c2ccccc2)n[nH]1)C(=O)CCCN. The van der Waals surface area contributed by atoms with Crippen molar-refractivity contribution >= 4 is 5.91 Å². The van der Waals surface area contributed by atoms with Crippen LogP contribution in [0.1, 0.15) is 37.8 Å². The summed E-state index contributed by atoms with van der Waals surface area (Å²) >= 11 is 0. The average molecular weight is 328 g/mol. The molecule has 3 N–H and O–H groups in total. The van der Waals surface area contributed by atoms with Crippen molar-refractivity contribution in [1.82, 2.24) is 15.1 Å². The highest BCUT2D eigenvalue weighted by molar-refractivity contribution is 5.75. The van der Waals surface area contributed by atoms with Gasteiger partial charge in [0.15, 0.2) is 0 Å². The van der Waals surface area contributed by atoms with Crippen molar-refractivity contribution in [3.05, 3.63) is 42.1 Å². The van der Waals surface area contributed by atoms with Crippen LogP contribution in [0.5, 0.6) is 0 Å². The molecule has 0 saturated heterocycles. The molecule has 1 aromatic carbocycles. The molecule has 1 amide bonds. The van der Waals surface area contributed by atoms with Crippen molar-refractivity contribution in [2.24, 2.45) is 5.73 Å². The van der Waals surface area contributed by atoms with Crippen LogP contribution < -0.4 is 5.73 Å². The zero-order valence-corrected chi connectivity index (χ0v) is 14.5. The summed E-state index contributed by atoms with van der Waals surface area (Å²) in [6, 6.07) is 12.3.